The van der Waals surface area contributed by atoms with E-state index in [1.54, 1.807) is 46.5 Å². The maximum absolute atomic E-state index is 10.6. The number of furan rings is 1. The summed E-state index contributed by atoms with van der Waals surface area (Å²) in [4.78, 5) is 4.58. The fourth-order valence-electron chi connectivity index (χ4n) is 2.65. The highest BCUT2D eigenvalue weighted by molar-refractivity contribution is 14.0. The summed E-state index contributed by atoms with van der Waals surface area (Å²) in [5, 5.41) is 16.9. The Morgan fingerprint density at radius 2 is 1.76 bits per heavy atom. The first-order valence-electron chi connectivity index (χ1n) is 9.02. The molecule has 1 aromatic carbocycles. The van der Waals surface area contributed by atoms with Crippen LogP contribution in [0.1, 0.15) is 25.2 Å². The van der Waals surface area contributed by atoms with E-state index >= 15 is 0 Å². The summed E-state index contributed by atoms with van der Waals surface area (Å²) in [5.41, 5.74) is -0.323. The zero-order valence-electron chi connectivity index (χ0n) is 17.4. The normalized spacial score (nSPS) is 13.1. The number of benzene rings is 1. The van der Waals surface area contributed by atoms with Gasteiger partial charge < -0.3 is 34.4 Å². The number of aliphatic hydroxyl groups is 1. The molecule has 0 fully saturated rings. The smallest absolute Gasteiger partial charge is 0.191 e. The SMILES string of the molecule is CCNC(=NCc1cc(OC)c(OC)cc1OC)NCC(C)(O)c1ccco1.I. The van der Waals surface area contributed by atoms with Gasteiger partial charge in [0.25, 0.3) is 0 Å². The highest BCUT2D eigenvalue weighted by atomic mass is 127. The number of hydrogen-bond donors (Lipinski definition) is 3. The highest BCUT2D eigenvalue weighted by Gasteiger charge is 2.26. The van der Waals surface area contributed by atoms with E-state index in [2.05, 4.69) is 15.6 Å². The zero-order valence-corrected chi connectivity index (χ0v) is 19.8. The predicted molar refractivity (Wildman–Crippen MR) is 123 cm³/mol. The van der Waals surface area contributed by atoms with Gasteiger partial charge >= 0.3 is 0 Å². The van der Waals surface area contributed by atoms with Gasteiger partial charge in [0.2, 0.25) is 0 Å². The van der Waals surface area contributed by atoms with Gasteiger partial charge in [-0.3, -0.25) is 0 Å². The molecule has 1 unspecified atom stereocenters. The number of hydrogen-bond acceptors (Lipinski definition) is 6. The summed E-state index contributed by atoms with van der Waals surface area (Å²) in [7, 11) is 4.76. The number of methoxy groups -OCH3 is 3. The summed E-state index contributed by atoms with van der Waals surface area (Å²) in [6.45, 7) is 4.91. The van der Waals surface area contributed by atoms with E-state index in [0.29, 0.717) is 42.1 Å². The van der Waals surface area contributed by atoms with Gasteiger partial charge in [-0.05, 0) is 32.0 Å². The standard InChI is InChI=1S/C20H29N3O5.HI/c1-6-21-19(23-13-20(2,24)18-8-7-9-28-18)22-12-14-10-16(26-4)17(27-5)11-15(14)25-3;/h7-11,24H,6,12-13H2,1-5H3,(H2,21,22,23);1H. The molecular weight excluding hydrogens is 489 g/mol. The van der Waals surface area contributed by atoms with Gasteiger partial charge in [-0.15, -0.1) is 24.0 Å². The summed E-state index contributed by atoms with van der Waals surface area (Å²) in [5.74, 6) is 2.89. The number of halogens is 1. The van der Waals surface area contributed by atoms with Crippen LogP contribution in [0.4, 0.5) is 0 Å². The predicted octanol–water partition coefficient (Wildman–Crippen LogP) is 2.89. The Morgan fingerprint density at radius 1 is 1.10 bits per heavy atom. The molecule has 0 spiro atoms. The van der Waals surface area contributed by atoms with Crippen molar-refractivity contribution in [3.63, 3.8) is 0 Å². The fraction of sp³-hybridized carbons (Fsp3) is 0.450. The first kappa shape index (κ1) is 24.9. The largest absolute Gasteiger partial charge is 0.496 e. The van der Waals surface area contributed by atoms with E-state index < -0.39 is 5.60 Å². The van der Waals surface area contributed by atoms with Crippen molar-refractivity contribution in [1.29, 1.82) is 0 Å². The molecule has 3 N–H and O–H groups in total. The van der Waals surface area contributed by atoms with Crippen LogP contribution < -0.4 is 24.8 Å². The van der Waals surface area contributed by atoms with Gasteiger partial charge in [-0.2, -0.15) is 0 Å². The van der Waals surface area contributed by atoms with E-state index in [-0.39, 0.29) is 30.5 Å². The minimum absolute atomic E-state index is 0. The molecule has 1 heterocycles. The lowest BCUT2D eigenvalue weighted by atomic mass is 10.0. The van der Waals surface area contributed by atoms with Crippen LogP contribution in [-0.4, -0.2) is 45.5 Å². The van der Waals surface area contributed by atoms with E-state index in [1.807, 2.05) is 13.0 Å². The van der Waals surface area contributed by atoms with Crippen molar-refractivity contribution in [2.75, 3.05) is 34.4 Å². The lowest BCUT2D eigenvalue weighted by molar-refractivity contribution is 0.0386. The Balaban J connectivity index is 0.00000420. The van der Waals surface area contributed by atoms with E-state index in [9.17, 15) is 5.11 Å². The average molecular weight is 519 g/mol. The van der Waals surface area contributed by atoms with Crippen LogP contribution in [0.25, 0.3) is 0 Å². The molecule has 8 nitrogen and oxygen atoms in total. The summed E-state index contributed by atoms with van der Waals surface area (Å²) < 4.78 is 21.4. The Labute approximate surface area is 188 Å². The Kier molecular flexibility index (Phi) is 10.1. The number of rotatable bonds is 9. The molecule has 29 heavy (non-hydrogen) atoms. The minimum atomic E-state index is -1.17. The Hall–Kier alpha value is -2.14. The molecule has 1 atom stereocenters. The maximum Gasteiger partial charge on any atom is 0.191 e. The molecule has 0 saturated heterocycles. The molecule has 0 aliphatic rings. The van der Waals surface area contributed by atoms with Crippen LogP contribution in [0, 0.1) is 0 Å². The van der Waals surface area contributed by atoms with Crippen molar-refractivity contribution in [1.82, 2.24) is 10.6 Å². The first-order valence-corrected chi connectivity index (χ1v) is 9.02. The quantitative estimate of drug-likeness (QED) is 0.266. The second kappa shape index (κ2) is 11.8. The average Bonchev–Trinajstić information content (AvgIpc) is 3.25. The summed E-state index contributed by atoms with van der Waals surface area (Å²) in [6, 6.07) is 7.09. The van der Waals surface area contributed by atoms with Crippen LogP contribution >= 0.6 is 24.0 Å². The third-order valence-corrected chi connectivity index (χ3v) is 4.19. The van der Waals surface area contributed by atoms with Crippen molar-refractivity contribution in [2.24, 2.45) is 4.99 Å². The van der Waals surface area contributed by atoms with Crippen molar-refractivity contribution < 1.29 is 23.7 Å². The molecule has 0 aliphatic carbocycles. The molecule has 2 rings (SSSR count). The Bertz CT molecular complexity index is 779. The molecule has 0 saturated carbocycles. The van der Waals surface area contributed by atoms with Gasteiger partial charge in [0.1, 0.15) is 17.1 Å². The topological polar surface area (TPSA) is 97.5 Å². The second-order valence-electron chi connectivity index (χ2n) is 6.32. The van der Waals surface area contributed by atoms with Gasteiger partial charge in [0.15, 0.2) is 17.5 Å². The molecular formula is C20H30IN3O5. The Morgan fingerprint density at radius 3 is 2.31 bits per heavy atom. The molecule has 1 aromatic heterocycles. The number of ether oxygens (including phenoxy) is 3. The molecule has 0 bridgehead atoms. The zero-order chi connectivity index (χ0) is 20.6. The molecule has 0 amide bonds. The third kappa shape index (κ3) is 6.70. The molecule has 0 radical (unpaired) electrons. The van der Waals surface area contributed by atoms with Crippen LogP contribution in [-0.2, 0) is 12.1 Å². The lowest BCUT2D eigenvalue weighted by Crippen LogP contribution is -2.44. The van der Waals surface area contributed by atoms with Crippen LogP contribution in [0.15, 0.2) is 39.9 Å². The van der Waals surface area contributed by atoms with Gasteiger partial charge in [-0.1, -0.05) is 0 Å². The van der Waals surface area contributed by atoms with Gasteiger partial charge in [0.05, 0.1) is 40.7 Å². The van der Waals surface area contributed by atoms with Crippen molar-refractivity contribution in [3.05, 3.63) is 41.9 Å². The molecule has 162 valence electrons. The van der Waals surface area contributed by atoms with E-state index in [1.165, 1.54) is 6.26 Å². The number of aliphatic imine (C=N–C) groups is 1. The van der Waals surface area contributed by atoms with Gasteiger partial charge in [-0.25, -0.2) is 4.99 Å². The number of nitrogens with zero attached hydrogens (tertiary/aromatic N) is 1. The summed E-state index contributed by atoms with van der Waals surface area (Å²) in [6.07, 6.45) is 1.53. The first-order chi connectivity index (χ1) is 13.4. The van der Waals surface area contributed by atoms with Crippen LogP contribution in [0.2, 0.25) is 0 Å². The van der Waals surface area contributed by atoms with Gasteiger partial charge in [0, 0.05) is 18.2 Å². The second-order valence-corrected chi connectivity index (χ2v) is 6.32. The number of nitrogens with one attached hydrogen (secondary N) is 2. The van der Waals surface area contributed by atoms with E-state index in [4.69, 9.17) is 18.6 Å². The molecule has 9 heteroatoms. The summed E-state index contributed by atoms with van der Waals surface area (Å²) >= 11 is 0. The number of guanidine groups is 1. The van der Waals surface area contributed by atoms with Crippen molar-refractivity contribution in [3.8, 4) is 17.2 Å². The molecule has 2 aromatic rings. The maximum atomic E-state index is 10.6. The highest BCUT2D eigenvalue weighted by Crippen LogP contribution is 2.34. The monoisotopic (exact) mass is 519 g/mol. The fourth-order valence-corrected chi connectivity index (χ4v) is 2.65. The third-order valence-electron chi connectivity index (χ3n) is 4.19. The molecule has 0 aliphatic heterocycles. The van der Waals surface area contributed by atoms with Crippen LogP contribution in [0.5, 0.6) is 17.2 Å². The van der Waals surface area contributed by atoms with E-state index in [0.717, 1.165) is 5.56 Å². The van der Waals surface area contributed by atoms with Crippen molar-refractivity contribution >= 4 is 29.9 Å². The minimum Gasteiger partial charge on any atom is -0.496 e. The lowest BCUT2D eigenvalue weighted by Gasteiger charge is -2.22. The van der Waals surface area contributed by atoms with Crippen molar-refractivity contribution in [2.45, 2.75) is 26.0 Å². The van der Waals surface area contributed by atoms with Crippen LogP contribution in [0.3, 0.4) is 0 Å².